The van der Waals surface area contributed by atoms with Gasteiger partial charge in [-0.2, -0.15) is 5.26 Å². The molecular formula is C18H20N2O2. The summed E-state index contributed by atoms with van der Waals surface area (Å²) in [6, 6.07) is 19.1. The van der Waals surface area contributed by atoms with Crippen molar-refractivity contribution in [3.63, 3.8) is 0 Å². The lowest BCUT2D eigenvalue weighted by Gasteiger charge is -2.21. The molecule has 2 unspecified atom stereocenters. The summed E-state index contributed by atoms with van der Waals surface area (Å²) in [4.78, 5) is 0. The zero-order valence-electron chi connectivity index (χ0n) is 12.6. The molecule has 0 heterocycles. The van der Waals surface area contributed by atoms with Gasteiger partial charge in [0, 0.05) is 13.7 Å². The smallest absolute Gasteiger partial charge is 0.0991 e. The van der Waals surface area contributed by atoms with Gasteiger partial charge < -0.3 is 15.2 Å². The highest BCUT2D eigenvalue weighted by atomic mass is 16.5. The van der Waals surface area contributed by atoms with Crippen molar-refractivity contribution in [2.24, 2.45) is 0 Å². The molecule has 0 saturated carbocycles. The number of hydrogen-bond acceptors (Lipinski definition) is 4. The van der Waals surface area contributed by atoms with E-state index in [-0.39, 0.29) is 6.04 Å². The topological polar surface area (TPSA) is 65.3 Å². The molecule has 0 aliphatic heterocycles. The molecule has 2 aromatic rings. The Balaban J connectivity index is 1.98. The van der Waals surface area contributed by atoms with Crippen LogP contribution < -0.4 is 5.32 Å². The summed E-state index contributed by atoms with van der Waals surface area (Å²) in [6.45, 7) is 0.943. The lowest BCUT2D eigenvalue weighted by atomic mass is 10.1. The van der Waals surface area contributed by atoms with Crippen LogP contribution in [0.15, 0.2) is 54.6 Å². The van der Waals surface area contributed by atoms with E-state index in [2.05, 4.69) is 11.4 Å². The number of benzene rings is 2. The standard InChI is InChI=1S/C18H20N2O2/c1-22-13-17(15-5-3-2-4-6-15)20-12-18(21)16-9-7-14(11-19)8-10-16/h2-10,17-18,20-21H,12-13H2,1H3. The molecule has 0 amide bonds. The fraction of sp³-hybridized carbons (Fsp3) is 0.278. The molecule has 0 fully saturated rings. The molecule has 0 aliphatic rings. The lowest BCUT2D eigenvalue weighted by molar-refractivity contribution is 0.139. The minimum absolute atomic E-state index is 0.0271. The van der Waals surface area contributed by atoms with Gasteiger partial charge >= 0.3 is 0 Å². The lowest BCUT2D eigenvalue weighted by Crippen LogP contribution is -2.29. The quantitative estimate of drug-likeness (QED) is 0.824. The molecule has 0 aromatic heterocycles. The first-order valence-electron chi connectivity index (χ1n) is 7.20. The predicted molar refractivity (Wildman–Crippen MR) is 85.2 cm³/mol. The van der Waals surface area contributed by atoms with Crippen LogP contribution in [-0.2, 0) is 4.74 Å². The minimum Gasteiger partial charge on any atom is -0.387 e. The normalized spacial score (nSPS) is 13.3. The molecule has 0 radical (unpaired) electrons. The van der Waals surface area contributed by atoms with Crippen molar-refractivity contribution in [3.05, 3.63) is 71.3 Å². The Morgan fingerprint density at radius 3 is 2.36 bits per heavy atom. The van der Waals surface area contributed by atoms with E-state index >= 15 is 0 Å². The van der Waals surface area contributed by atoms with Gasteiger partial charge in [-0.1, -0.05) is 42.5 Å². The van der Waals surface area contributed by atoms with Crippen molar-refractivity contribution in [1.29, 1.82) is 5.26 Å². The average Bonchev–Trinajstić information content (AvgIpc) is 2.59. The highest BCUT2D eigenvalue weighted by Gasteiger charge is 2.14. The van der Waals surface area contributed by atoms with E-state index in [0.29, 0.717) is 18.7 Å². The van der Waals surface area contributed by atoms with E-state index in [1.54, 1.807) is 31.4 Å². The van der Waals surface area contributed by atoms with E-state index in [4.69, 9.17) is 10.00 Å². The Hall–Kier alpha value is -2.19. The van der Waals surface area contributed by atoms with E-state index < -0.39 is 6.10 Å². The molecule has 0 bridgehead atoms. The average molecular weight is 296 g/mol. The highest BCUT2D eigenvalue weighted by molar-refractivity contribution is 5.32. The largest absolute Gasteiger partial charge is 0.387 e. The van der Waals surface area contributed by atoms with Crippen LogP contribution in [0, 0.1) is 11.3 Å². The van der Waals surface area contributed by atoms with Gasteiger partial charge in [0.05, 0.1) is 30.4 Å². The number of aliphatic hydroxyl groups excluding tert-OH is 1. The van der Waals surface area contributed by atoms with Crippen molar-refractivity contribution < 1.29 is 9.84 Å². The fourth-order valence-corrected chi connectivity index (χ4v) is 2.28. The van der Waals surface area contributed by atoms with E-state index in [1.165, 1.54) is 0 Å². The second-order valence-electron chi connectivity index (χ2n) is 5.08. The summed E-state index contributed by atoms with van der Waals surface area (Å²) in [6.07, 6.45) is -0.629. The first-order valence-corrected chi connectivity index (χ1v) is 7.20. The predicted octanol–water partition coefficient (Wildman–Crippen LogP) is 2.57. The summed E-state index contributed by atoms with van der Waals surface area (Å²) >= 11 is 0. The Bertz CT molecular complexity index is 605. The van der Waals surface area contributed by atoms with Crippen LogP contribution in [0.2, 0.25) is 0 Å². The summed E-state index contributed by atoms with van der Waals surface area (Å²) in [5.74, 6) is 0. The zero-order valence-corrected chi connectivity index (χ0v) is 12.6. The van der Waals surface area contributed by atoms with Crippen molar-refractivity contribution in [2.45, 2.75) is 12.1 Å². The second-order valence-corrected chi connectivity index (χ2v) is 5.08. The van der Waals surface area contributed by atoms with Gasteiger partial charge in [-0.05, 0) is 23.3 Å². The Kier molecular flexibility index (Phi) is 6.11. The van der Waals surface area contributed by atoms with Crippen LogP contribution in [0.3, 0.4) is 0 Å². The molecule has 2 atom stereocenters. The number of nitriles is 1. The molecule has 22 heavy (non-hydrogen) atoms. The maximum atomic E-state index is 10.3. The van der Waals surface area contributed by atoms with E-state index in [0.717, 1.165) is 11.1 Å². The number of nitrogens with one attached hydrogen (secondary N) is 1. The number of hydrogen-bond donors (Lipinski definition) is 2. The maximum Gasteiger partial charge on any atom is 0.0991 e. The molecule has 114 valence electrons. The van der Waals surface area contributed by atoms with E-state index in [1.807, 2.05) is 30.3 Å². The van der Waals surface area contributed by atoms with Crippen LogP contribution in [0.1, 0.15) is 28.8 Å². The van der Waals surface area contributed by atoms with Gasteiger partial charge in [-0.25, -0.2) is 0 Å². The zero-order chi connectivity index (χ0) is 15.8. The molecule has 4 heteroatoms. The summed E-state index contributed by atoms with van der Waals surface area (Å²) < 4.78 is 5.25. The van der Waals surface area contributed by atoms with Crippen LogP contribution >= 0.6 is 0 Å². The summed E-state index contributed by atoms with van der Waals surface area (Å²) in [5.41, 5.74) is 2.50. The Morgan fingerprint density at radius 1 is 1.09 bits per heavy atom. The third kappa shape index (κ3) is 4.40. The molecular weight excluding hydrogens is 276 g/mol. The number of ether oxygens (including phenoxy) is 1. The third-order valence-corrected chi connectivity index (χ3v) is 3.52. The number of nitrogens with zero attached hydrogens (tertiary/aromatic N) is 1. The van der Waals surface area contributed by atoms with Gasteiger partial charge in [0.1, 0.15) is 0 Å². The first-order chi connectivity index (χ1) is 10.7. The van der Waals surface area contributed by atoms with Gasteiger partial charge in [0.25, 0.3) is 0 Å². The SMILES string of the molecule is COCC(NCC(O)c1ccc(C#N)cc1)c1ccccc1. The third-order valence-electron chi connectivity index (χ3n) is 3.52. The highest BCUT2D eigenvalue weighted by Crippen LogP contribution is 2.16. The van der Waals surface area contributed by atoms with Gasteiger partial charge in [0.2, 0.25) is 0 Å². The minimum atomic E-state index is -0.629. The van der Waals surface area contributed by atoms with Crippen LogP contribution in [0.5, 0.6) is 0 Å². The maximum absolute atomic E-state index is 10.3. The van der Waals surface area contributed by atoms with E-state index in [9.17, 15) is 5.11 Å². The van der Waals surface area contributed by atoms with Crippen molar-refractivity contribution in [1.82, 2.24) is 5.32 Å². The van der Waals surface area contributed by atoms with Gasteiger partial charge in [-0.3, -0.25) is 0 Å². The molecule has 0 saturated heterocycles. The Morgan fingerprint density at radius 2 is 1.77 bits per heavy atom. The molecule has 2 N–H and O–H groups in total. The van der Waals surface area contributed by atoms with Gasteiger partial charge in [-0.15, -0.1) is 0 Å². The fourth-order valence-electron chi connectivity index (χ4n) is 2.28. The summed E-state index contributed by atoms with van der Waals surface area (Å²) in [5, 5.41) is 22.4. The van der Waals surface area contributed by atoms with Crippen molar-refractivity contribution in [2.75, 3.05) is 20.3 Å². The van der Waals surface area contributed by atoms with Crippen LogP contribution in [0.4, 0.5) is 0 Å². The first kappa shape index (κ1) is 16.2. The second kappa shape index (κ2) is 8.30. The Labute approximate surface area is 131 Å². The monoisotopic (exact) mass is 296 g/mol. The number of rotatable bonds is 7. The van der Waals surface area contributed by atoms with Crippen molar-refractivity contribution in [3.8, 4) is 6.07 Å². The summed E-state index contributed by atoms with van der Waals surface area (Å²) in [7, 11) is 1.66. The van der Waals surface area contributed by atoms with Crippen molar-refractivity contribution >= 4 is 0 Å². The van der Waals surface area contributed by atoms with Crippen LogP contribution in [0.25, 0.3) is 0 Å². The number of aliphatic hydroxyl groups is 1. The molecule has 4 nitrogen and oxygen atoms in total. The molecule has 2 rings (SSSR count). The van der Waals surface area contributed by atoms with Crippen LogP contribution in [-0.4, -0.2) is 25.4 Å². The molecule has 0 spiro atoms. The van der Waals surface area contributed by atoms with Gasteiger partial charge in [0.15, 0.2) is 0 Å². The molecule has 2 aromatic carbocycles. The molecule has 0 aliphatic carbocycles. The number of methoxy groups -OCH3 is 1.